The molecule has 9 heteroatoms. The third-order valence-corrected chi connectivity index (χ3v) is 3.90. The fraction of sp³-hybridized carbons (Fsp3) is 0.368. The lowest BCUT2D eigenvalue weighted by Gasteiger charge is -2.20. The number of ether oxygens (including phenoxy) is 1. The molecule has 2 aromatic rings. The third-order valence-electron chi connectivity index (χ3n) is 3.90. The lowest BCUT2D eigenvalue weighted by atomic mass is 10.1. The molecule has 1 aromatic heterocycles. The molecular weight excluding hydrogens is 358 g/mol. The average Bonchev–Trinajstić information content (AvgIpc) is 2.68. The van der Waals surface area contributed by atoms with E-state index in [0.717, 1.165) is 25.2 Å². The molecule has 2 N–H and O–H groups in total. The number of rotatable bonds is 8. The Hall–Kier alpha value is -3.22. The summed E-state index contributed by atoms with van der Waals surface area (Å²) in [5.41, 5.74) is 1.81. The normalized spacial score (nSPS) is 10.6. The number of carbonyl (C=O) groups excluding carboxylic acids is 1. The lowest BCUT2D eigenvalue weighted by molar-refractivity contribution is 0.262. The van der Waals surface area contributed by atoms with Crippen LogP contribution < -0.4 is 15.4 Å². The molecule has 0 atom stereocenters. The van der Waals surface area contributed by atoms with Crippen molar-refractivity contribution in [3.8, 4) is 11.8 Å². The second-order valence-electron chi connectivity index (χ2n) is 6.55. The summed E-state index contributed by atoms with van der Waals surface area (Å²) in [5.74, 6) is 0.814. The van der Waals surface area contributed by atoms with Gasteiger partial charge in [0.1, 0.15) is 11.8 Å². The molecule has 0 saturated carbocycles. The monoisotopic (exact) mass is 383 g/mol. The van der Waals surface area contributed by atoms with Crippen LogP contribution in [0.4, 0.5) is 16.3 Å². The fourth-order valence-corrected chi connectivity index (χ4v) is 2.42. The molecule has 1 heterocycles. The molecule has 0 fully saturated rings. The van der Waals surface area contributed by atoms with Gasteiger partial charge in [-0.3, -0.25) is 5.32 Å². The summed E-state index contributed by atoms with van der Waals surface area (Å²) in [6.07, 6.45) is 2.61. The molecule has 0 aliphatic carbocycles. The number of nitrogens with one attached hydrogen (secondary N) is 2. The Morgan fingerprint density at radius 3 is 2.57 bits per heavy atom. The number of aromatic nitrogens is 2. The van der Waals surface area contributed by atoms with Gasteiger partial charge in [-0.1, -0.05) is 6.07 Å². The van der Waals surface area contributed by atoms with Crippen LogP contribution in [0.25, 0.3) is 0 Å². The predicted molar refractivity (Wildman–Crippen MR) is 107 cm³/mol. The van der Waals surface area contributed by atoms with Gasteiger partial charge >= 0.3 is 6.03 Å². The van der Waals surface area contributed by atoms with Crippen LogP contribution >= 0.6 is 0 Å². The average molecular weight is 383 g/mol. The molecule has 148 valence electrons. The zero-order chi connectivity index (χ0) is 20.5. The molecule has 28 heavy (non-hydrogen) atoms. The highest BCUT2D eigenvalue weighted by atomic mass is 16.5. The summed E-state index contributed by atoms with van der Waals surface area (Å²) < 4.78 is 5.41. The molecule has 0 saturated heterocycles. The molecule has 1 aromatic carbocycles. The van der Waals surface area contributed by atoms with Gasteiger partial charge in [-0.05, 0) is 38.8 Å². The molecule has 0 unspecified atom stereocenters. The van der Waals surface area contributed by atoms with Gasteiger partial charge in [-0.25, -0.2) is 14.8 Å². The Morgan fingerprint density at radius 2 is 1.96 bits per heavy atom. The number of likely N-dealkylation sites (N-methyl/N-ethyl adjacent to an activating group) is 2. The van der Waals surface area contributed by atoms with E-state index in [1.54, 1.807) is 13.2 Å². The summed E-state index contributed by atoms with van der Waals surface area (Å²) >= 11 is 0. The van der Waals surface area contributed by atoms with E-state index < -0.39 is 6.03 Å². The summed E-state index contributed by atoms with van der Waals surface area (Å²) in [6, 6.07) is 7.05. The number of amides is 2. The SMILES string of the molecule is COc1cc(CN(C)CCN(C)C)ccc1NC(=O)Nc1cnc(C#N)cn1. The van der Waals surface area contributed by atoms with Crippen LogP contribution in [0.15, 0.2) is 30.6 Å². The van der Waals surface area contributed by atoms with Gasteiger partial charge in [-0.15, -0.1) is 0 Å². The van der Waals surface area contributed by atoms with E-state index in [4.69, 9.17) is 10.00 Å². The van der Waals surface area contributed by atoms with Gasteiger partial charge in [0.05, 0.1) is 25.2 Å². The number of nitriles is 1. The van der Waals surface area contributed by atoms with Gasteiger partial charge in [0.15, 0.2) is 11.5 Å². The number of anilines is 2. The van der Waals surface area contributed by atoms with Crippen LogP contribution in [0.2, 0.25) is 0 Å². The van der Waals surface area contributed by atoms with Crippen molar-refractivity contribution >= 4 is 17.5 Å². The second kappa shape index (κ2) is 10.2. The third kappa shape index (κ3) is 6.50. The highest BCUT2D eigenvalue weighted by Crippen LogP contribution is 2.26. The van der Waals surface area contributed by atoms with Crippen LogP contribution in [0.1, 0.15) is 11.3 Å². The van der Waals surface area contributed by atoms with Crippen LogP contribution in [0.5, 0.6) is 5.75 Å². The van der Waals surface area contributed by atoms with E-state index in [1.165, 1.54) is 12.4 Å². The van der Waals surface area contributed by atoms with Crippen molar-refractivity contribution in [2.24, 2.45) is 0 Å². The lowest BCUT2D eigenvalue weighted by Crippen LogP contribution is -2.28. The Morgan fingerprint density at radius 1 is 1.18 bits per heavy atom. The summed E-state index contributed by atoms with van der Waals surface area (Å²) in [7, 11) is 7.72. The second-order valence-corrected chi connectivity index (χ2v) is 6.55. The van der Waals surface area contributed by atoms with Gasteiger partial charge in [0, 0.05) is 19.6 Å². The van der Waals surface area contributed by atoms with Crippen molar-refractivity contribution in [2.75, 3.05) is 52.0 Å². The van der Waals surface area contributed by atoms with E-state index in [9.17, 15) is 4.79 Å². The highest BCUT2D eigenvalue weighted by molar-refractivity contribution is 6.00. The molecule has 0 bridgehead atoms. The summed E-state index contributed by atoms with van der Waals surface area (Å²) in [4.78, 5) is 24.4. The first kappa shape index (κ1) is 21.1. The maximum atomic E-state index is 12.2. The van der Waals surface area contributed by atoms with Crippen LogP contribution in [-0.4, -0.2) is 67.1 Å². The van der Waals surface area contributed by atoms with E-state index in [1.807, 2.05) is 32.3 Å². The quantitative estimate of drug-likeness (QED) is 0.718. The van der Waals surface area contributed by atoms with Crippen molar-refractivity contribution in [3.05, 3.63) is 41.9 Å². The van der Waals surface area contributed by atoms with E-state index in [2.05, 4.69) is 37.4 Å². The van der Waals surface area contributed by atoms with Gasteiger partial charge in [-0.2, -0.15) is 5.26 Å². The van der Waals surface area contributed by atoms with Crippen LogP contribution in [0, 0.1) is 11.3 Å². The maximum absolute atomic E-state index is 12.2. The van der Waals surface area contributed by atoms with Gasteiger partial charge < -0.3 is 19.9 Å². The molecule has 0 aliphatic heterocycles. The molecule has 0 radical (unpaired) electrons. The number of hydrogen-bond acceptors (Lipinski definition) is 7. The summed E-state index contributed by atoms with van der Waals surface area (Å²) in [5, 5.41) is 14.0. The first-order chi connectivity index (χ1) is 13.4. The smallest absolute Gasteiger partial charge is 0.324 e. The van der Waals surface area contributed by atoms with E-state index in [0.29, 0.717) is 11.4 Å². The first-order valence-electron chi connectivity index (χ1n) is 8.71. The Kier molecular flexibility index (Phi) is 7.68. The van der Waals surface area contributed by atoms with Crippen LogP contribution in [0.3, 0.4) is 0 Å². The number of carbonyl (C=O) groups is 1. The molecular formula is C19H25N7O2. The maximum Gasteiger partial charge on any atom is 0.324 e. The number of urea groups is 1. The zero-order valence-corrected chi connectivity index (χ0v) is 16.6. The predicted octanol–water partition coefficient (Wildman–Crippen LogP) is 1.99. The number of benzene rings is 1. The van der Waals surface area contributed by atoms with Crippen molar-refractivity contribution in [3.63, 3.8) is 0 Å². The molecule has 2 rings (SSSR count). The van der Waals surface area contributed by atoms with Crippen molar-refractivity contribution < 1.29 is 9.53 Å². The Balaban J connectivity index is 1.98. The minimum atomic E-state index is -0.479. The Bertz CT molecular complexity index is 831. The van der Waals surface area contributed by atoms with Crippen molar-refractivity contribution in [1.29, 1.82) is 5.26 Å². The van der Waals surface area contributed by atoms with Gasteiger partial charge in [0.25, 0.3) is 0 Å². The minimum absolute atomic E-state index is 0.179. The number of nitrogens with zero attached hydrogens (tertiary/aromatic N) is 5. The van der Waals surface area contributed by atoms with E-state index >= 15 is 0 Å². The van der Waals surface area contributed by atoms with E-state index in [-0.39, 0.29) is 11.5 Å². The number of hydrogen-bond donors (Lipinski definition) is 2. The van der Waals surface area contributed by atoms with Crippen molar-refractivity contribution in [2.45, 2.75) is 6.54 Å². The molecule has 2 amide bonds. The van der Waals surface area contributed by atoms with Crippen molar-refractivity contribution in [1.82, 2.24) is 19.8 Å². The largest absolute Gasteiger partial charge is 0.495 e. The first-order valence-corrected chi connectivity index (χ1v) is 8.71. The molecule has 9 nitrogen and oxygen atoms in total. The number of methoxy groups -OCH3 is 1. The standard InChI is InChI=1S/C19H25N7O2/c1-25(2)7-8-26(3)13-14-5-6-16(17(9-14)28-4)23-19(27)24-18-12-21-15(10-20)11-22-18/h5-6,9,11-12H,7-8,13H2,1-4H3,(H2,22,23,24,27). The molecule has 0 aliphatic rings. The van der Waals surface area contributed by atoms with Crippen LogP contribution in [-0.2, 0) is 6.54 Å². The highest BCUT2D eigenvalue weighted by Gasteiger charge is 2.11. The Labute approximate surface area is 164 Å². The fourth-order valence-electron chi connectivity index (χ4n) is 2.42. The molecule has 0 spiro atoms. The van der Waals surface area contributed by atoms with Gasteiger partial charge in [0.2, 0.25) is 0 Å². The summed E-state index contributed by atoms with van der Waals surface area (Å²) in [6.45, 7) is 2.70. The minimum Gasteiger partial charge on any atom is -0.495 e. The zero-order valence-electron chi connectivity index (χ0n) is 16.6. The topological polar surface area (TPSA) is 106 Å².